The molecule has 3 heterocycles. The molecule has 0 saturated heterocycles. The Morgan fingerprint density at radius 1 is 1.21 bits per heavy atom. The predicted octanol–water partition coefficient (Wildman–Crippen LogP) is 5.16. The number of rotatable bonds is 6. The molecule has 1 aromatic carbocycles. The highest BCUT2D eigenvalue weighted by molar-refractivity contribution is 7.11. The number of benzene rings is 1. The molecule has 198 valence electrons. The van der Waals surface area contributed by atoms with E-state index in [0.29, 0.717) is 46.3 Å². The molecule has 2 aliphatic rings. The Morgan fingerprint density at radius 3 is 2.68 bits per heavy atom. The summed E-state index contributed by atoms with van der Waals surface area (Å²) in [6.45, 7) is 1.80. The first-order valence-electron chi connectivity index (χ1n) is 12.4. The number of oxazole rings is 1. The van der Waals surface area contributed by atoms with Crippen LogP contribution >= 0.6 is 11.3 Å². The molecule has 3 aromatic rings. The van der Waals surface area contributed by atoms with Gasteiger partial charge >= 0.3 is 11.9 Å². The normalized spacial score (nSPS) is 21.9. The SMILES string of the molecule is COC(=O)C1=C([C@@H]2CCC[C@@H](c3nc(C(=O)O)co3)CC2)NC(c2nccs2)=NC1c1ccc(F)cc1C. The summed E-state index contributed by atoms with van der Waals surface area (Å²) in [5.74, 6) is -1.06. The van der Waals surface area contributed by atoms with Crippen molar-refractivity contribution in [1.82, 2.24) is 15.3 Å². The minimum absolute atomic E-state index is 0.0268. The van der Waals surface area contributed by atoms with E-state index in [4.69, 9.17) is 14.1 Å². The molecular weight excluding hydrogens is 511 g/mol. The number of aryl methyl sites for hydroxylation is 1. The first-order chi connectivity index (χ1) is 18.4. The fourth-order valence-corrected chi connectivity index (χ4v) is 5.84. The Hall–Kier alpha value is -3.86. The number of hydrogen-bond donors (Lipinski definition) is 2. The number of aromatic nitrogens is 2. The Bertz CT molecular complexity index is 1410. The number of allylic oxidation sites excluding steroid dienone is 1. The van der Waals surface area contributed by atoms with Gasteiger partial charge in [-0.25, -0.2) is 23.9 Å². The summed E-state index contributed by atoms with van der Waals surface area (Å²) in [4.78, 5) is 38.0. The number of methoxy groups -OCH3 is 1. The van der Waals surface area contributed by atoms with Crippen LogP contribution in [-0.2, 0) is 9.53 Å². The number of carbonyl (C=O) groups excluding carboxylic acids is 1. The average molecular weight is 539 g/mol. The van der Waals surface area contributed by atoms with Crippen LogP contribution in [0, 0.1) is 18.7 Å². The van der Waals surface area contributed by atoms with Gasteiger partial charge in [-0.15, -0.1) is 11.3 Å². The maximum atomic E-state index is 14.0. The van der Waals surface area contributed by atoms with Gasteiger partial charge in [0.05, 0.1) is 12.7 Å². The van der Waals surface area contributed by atoms with Crippen molar-refractivity contribution in [2.45, 2.75) is 51.0 Å². The molecule has 1 unspecified atom stereocenters. The van der Waals surface area contributed by atoms with E-state index in [1.54, 1.807) is 19.2 Å². The number of thiazole rings is 1. The van der Waals surface area contributed by atoms with Gasteiger partial charge in [0.1, 0.15) is 18.1 Å². The Labute approximate surface area is 222 Å². The maximum absolute atomic E-state index is 14.0. The standard InChI is InChI=1S/C27H27FN4O5S/c1-14-12-17(28)8-9-18(14)22-20(27(35)36-2)21(31-23(32-22)25-29-10-11-38-25)15-4-3-5-16(7-6-15)24-30-19(13-37-24)26(33)34/h8-13,15-16,22H,3-7H2,1-2H3,(H,31,32)(H,33,34)/t15-,16-,22?/m1/s1. The highest BCUT2D eigenvalue weighted by Gasteiger charge is 2.37. The van der Waals surface area contributed by atoms with E-state index in [0.717, 1.165) is 25.0 Å². The van der Waals surface area contributed by atoms with Crippen molar-refractivity contribution in [3.63, 3.8) is 0 Å². The van der Waals surface area contributed by atoms with Crippen LogP contribution in [0.15, 0.2) is 56.7 Å². The second-order valence-corrected chi connectivity index (χ2v) is 10.3. The van der Waals surface area contributed by atoms with E-state index >= 15 is 0 Å². The van der Waals surface area contributed by atoms with Gasteiger partial charge < -0.3 is 19.6 Å². The van der Waals surface area contributed by atoms with Crippen molar-refractivity contribution < 1.29 is 28.2 Å². The number of nitrogens with zero attached hydrogens (tertiary/aromatic N) is 3. The van der Waals surface area contributed by atoms with E-state index in [1.807, 2.05) is 5.38 Å². The van der Waals surface area contributed by atoms with E-state index in [1.165, 1.54) is 36.8 Å². The van der Waals surface area contributed by atoms with Crippen LogP contribution in [0.5, 0.6) is 0 Å². The number of esters is 1. The largest absolute Gasteiger partial charge is 0.476 e. The number of ether oxygens (including phenoxy) is 1. The molecular formula is C27H27FN4O5S. The number of carboxylic acids is 1. The van der Waals surface area contributed by atoms with Crippen molar-refractivity contribution in [1.29, 1.82) is 0 Å². The molecule has 2 N–H and O–H groups in total. The number of halogens is 1. The fraction of sp³-hybridized carbons (Fsp3) is 0.370. The Balaban J connectivity index is 1.53. The van der Waals surface area contributed by atoms with Crippen LogP contribution in [0.1, 0.15) is 76.6 Å². The van der Waals surface area contributed by atoms with Crippen LogP contribution in [0.4, 0.5) is 4.39 Å². The summed E-state index contributed by atoms with van der Waals surface area (Å²) in [7, 11) is 1.34. The van der Waals surface area contributed by atoms with Gasteiger partial charge in [0, 0.05) is 23.2 Å². The number of hydrogen-bond acceptors (Lipinski definition) is 9. The summed E-state index contributed by atoms with van der Waals surface area (Å²) in [6, 6.07) is 3.77. The van der Waals surface area contributed by atoms with Gasteiger partial charge in [-0.05, 0) is 61.8 Å². The molecule has 9 nitrogen and oxygen atoms in total. The van der Waals surface area contributed by atoms with Gasteiger partial charge in [0.15, 0.2) is 22.4 Å². The molecule has 2 aromatic heterocycles. The molecule has 1 fully saturated rings. The summed E-state index contributed by atoms with van der Waals surface area (Å²) >= 11 is 1.43. The third-order valence-corrected chi connectivity index (χ3v) is 7.89. The van der Waals surface area contributed by atoms with Gasteiger partial charge in [0.25, 0.3) is 0 Å². The number of carboxylic acid groups (broad SMARTS) is 1. The van der Waals surface area contributed by atoms with E-state index in [9.17, 15) is 19.1 Å². The molecule has 0 bridgehead atoms. The molecule has 0 amide bonds. The molecule has 1 aliphatic heterocycles. The molecule has 5 rings (SSSR count). The molecule has 38 heavy (non-hydrogen) atoms. The van der Waals surface area contributed by atoms with Gasteiger partial charge in [-0.3, -0.25) is 4.99 Å². The van der Waals surface area contributed by atoms with Gasteiger partial charge in [0.2, 0.25) is 0 Å². The molecule has 3 atom stereocenters. The van der Waals surface area contributed by atoms with Crippen molar-refractivity contribution in [3.8, 4) is 0 Å². The topological polar surface area (TPSA) is 127 Å². The van der Waals surface area contributed by atoms with Crippen LogP contribution < -0.4 is 5.32 Å². The van der Waals surface area contributed by atoms with E-state index in [-0.39, 0.29) is 23.3 Å². The lowest BCUT2D eigenvalue weighted by Gasteiger charge is -2.31. The van der Waals surface area contributed by atoms with Crippen LogP contribution in [0.2, 0.25) is 0 Å². The lowest BCUT2D eigenvalue weighted by Crippen LogP contribution is -2.37. The third kappa shape index (κ3) is 5.10. The number of aromatic carboxylic acids is 1. The van der Waals surface area contributed by atoms with E-state index < -0.39 is 18.0 Å². The van der Waals surface area contributed by atoms with Crippen molar-refractivity contribution >= 4 is 29.1 Å². The third-order valence-electron chi connectivity index (χ3n) is 7.11. The average Bonchev–Trinajstić information content (AvgIpc) is 3.57. The zero-order valence-electron chi connectivity index (χ0n) is 20.9. The van der Waals surface area contributed by atoms with Crippen molar-refractivity contribution in [2.75, 3.05) is 7.11 Å². The Morgan fingerprint density at radius 2 is 2.00 bits per heavy atom. The predicted molar refractivity (Wildman–Crippen MR) is 137 cm³/mol. The first kappa shape index (κ1) is 25.8. The number of nitrogens with one attached hydrogen (secondary N) is 1. The lowest BCUT2D eigenvalue weighted by molar-refractivity contribution is -0.136. The molecule has 1 saturated carbocycles. The molecule has 11 heteroatoms. The van der Waals surface area contributed by atoms with Crippen LogP contribution in [0.25, 0.3) is 0 Å². The summed E-state index contributed by atoms with van der Waals surface area (Å²) in [5.41, 5.74) is 2.42. The smallest absolute Gasteiger partial charge is 0.357 e. The quantitative estimate of drug-likeness (QED) is 0.326. The number of carbonyl (C=O) groups is 2. The zero-order chi connectivity index (χ0) is 26.8. The zero-order valence-corrected chi connectivity index (χ0v) is 21.8. The lowest BCUT2D eigenvalue weighted by atomic mass is 9.86. The highest BCUT2D eigenvalue weighted by atomic mass is 32.1. The first-order valence-corrected chi connectivity index (χ1v) is 13.3. The minimum atomic E-state index is -1.12. The second kappa shape index (κ2) is 10.9. The summed E-state index contributed by atoms with van der Waals surface area (Å²) in [6.07, 6.45) is 6.67. The maximum Gasteiger partial charge on any atom is 0.357 e. The molecule has 0 radical (unpaired) electrons. The molecule has 1 aliphatic carbocycles. The van der Waals surface area contributed by atoms with Crippen LogP contribution in [0.3, 0.4) is 0 Å². The highest BCUT2D eigenvalue weighted by Crippen LogP contribution is 2.42. The number of aliphatic imine (C=N–C) groups is 1. The van der Waals surface area contributed by atoms with Crippen molar-refractivity contribution in [2.24, 2.45) is 10.9 Å². The van der Waals surface area contributed by atoms with Crippen molar-refractivity contribution in [3.05, 3.63) is 80.8 Å². The van der Waals surface area contributed by atoms with E-state index in [2.05, 4.69) is 15.3 Å². The Kier molecular flexibility index (Phi) is 7.37. The van der Waals surface area contributed by atoms with Crippen LogP contribution in [-0.4, -0.2) is 40.0 Å². The summed E-state index contributed by atoms with van der Waals surface area (Å²) in [5, 5.41) is 15.2. The summed E-state index contributed by atoms with van der Waals surface area (Å²) < 4.78 is 24.7. The fourth-order valence-electron chi connectivity index (χ4n) is 5.25. The molecule has 0 spiro atoms. The van der Waals surface area contributed by atoms with Gasteiger partial charge in [-0.1, -0.05) is 12.5 Å². The van der Waals surface area contributed by atoms with Gasteiger partial charge in [-0.2, -0.15) is 0 Å². The second-order valence-electron chi connectivity index (χ2n) is 9.44. The number of amidine groups is 1. The monoisotopic (exact) mass is 538 g/mol. The minimum Gasteiger partial charge on any atom is -0.476 e.